The van der Waals surface area contributed by atoms with Gasteiger partial charge in [0.2, 0.25) is 0 Å². The molecular formula is C18H19Cl2NS. The number of hydrogen-bond acceptors (Lipinski definition) is 2. The molecule has 0 bridgehead atoms. The summed E-state index contributed by atoms with van der Waals surface area (Å²) < 4.78 is 0. The second-order valence-electron chi connectivity index (χ2n) is 4.99. The van der Waals surface area contributed by atoms with Crippen LogP contribution in [0.3, 0.4) is 0 Å². The second kappa shape index (κ2) is 8.64. The van der Waals surface area contributed by atoms with Gasteiger partial charge < -0.3 is 5.32 Å². The van der Waals surface area contributed by atoms with E-state index >= 15 is 0 Å². The predicted molar refractivity (Wildman–Crippen MR) is 100 cm³/mol. The van der Waals surface area contributed by atoms with E-state index in [1.807, 2.05) is 19.2 Å². The van der Waals surface area contributed by atoms with Crippen LogP contribution in [0.15, 0.2) is 53.4 Å². The minimum absolute atomic E-state index is 0.673. The molecule has 2 aromatic rings. The van der Waals surface area contributed by atoms with E-state index in [2.05, 4.69) is 42.6 Å². The Morgan fingerprint density at radius 1 is 1.14 bits per heavy atom. The minimum Gasteiger partial charge on any atom is -0.316 e. The summed E-state index contributed by atoms with van der Waals surface area (Å²) in [6.07, 6.45) is 2.19. The van der Waals surface area contributed by atoms with Crippen LogP contribution < -0.4 is 5.32 Å². The standard InChI is InChI=1S/C18H19Cl2NS/c1-13(9-10-21-2)14-4-7-17(8-5-14)22-12-15-3-6-16(19)11-18(15)20/h3-9,11,21H,10,12H2,1-2H3. The van der Waals surface area contributed by atoms with Crippen LogP contribution in [-0.2, 0) is 5.75 Å². The molecule has 0 fully saturated rings. The first-order valence-corrected chi connectivity index (χ1v) is 8.83. The molecule has 116 valence electrons. The molecule has 0 atom stereocenters. The van der Waals surface area contributed by atoms with E-state index in [-0.39, 0.29) is 0 Å². The largest absolute Gasteiger partial charge is 0.316 e. The topological polar surface area (TPSA) is 12.0 Å². The SMILES string of the molecule is CNCC=C(C)c1ccc(SCc2ccc(Cl)cc2Cl)cc1. The summed E-state index contributed by atoms with van der Waals surface area (Å²) in [4.78, 5) is 1.23. The highest BCUT2D eigenvalue weighted by molar-refractivity contribution is 7.98. The molecule has 0 saturated carbocycles. The Bertz CT molecular complexity index is 651. The molecule has 0 aromatic heterocycles. The third kappa shape index (κ3) is 5.06. The number of nitrogens with one attached hydrogen (secondary N) is 1. The van der Waals surface area contributed by atoms with Crippen LogP contribution in [0, 0.1) is 0 Å². The van der Waals surface area contributed by atoms with Gasteiger partial charge >= 0.3 is 0 Å². The summed E-state index contributed by atoms with van der Waals surface area (Å²) in [6, 6.07) is 14.3. The van der Waals surface area contributed by atoms with Gasteiger partial charge in [0.25, 0.3) is 0 Å². The monoisotopic (exact) mass is 351 g/mol. The van der Waals surface area contributed by atoms with E-state index in [0.29, 0.717) is 5.02 Å². The maximum Gasteiger partial charge on any atom is 0.0461 e. The number of hydrogen-bond donors (Lipinski definition) is 1. The summed E-state index contributed by atoms with van der Waals surface area (Å²) in [5, 5.41) is 4.52. The van der Waals surface area contributed by atoms with Gasteiger partial charge in [-0.2, -0.15) is 0 Å². The molecule has 0 saturated heterocycles. The van der Waals surface area contributed by atoms with Crippen molar-refractivity contribution in [2.45, 2.75) is 17.6 Å². The molecule has 0 spiro atoms. The molecule has 0 heterocycles. The fourth-order valence-corrected chi connectivity index (χ4v) is 3.44. The molecule has 4 heteroatoms. The van der Waals surface area contributed by atoms with Crippen molar-refractivity contribution in [3.63, 3.8) is 0 Å². The van der Waals surface area contributed by atoms with Gasteiger partial charge in [-0.15, -0.1) is 11.8 Å². The van der Waals surface area contributed by atoms with Gasteiger partial charge in [-0.05, 0) is 54.9 Å². The zero-order chi connectivity index (χ0) is 15.9. The highest BCUT2D eigenvalue weighted by atomic mass is 35.5. The van der Waals surface area contributed by atoms with Crippen molar-refractivity contribution in [2.75, 3.05) is 13.6 Å². The molecule has 0 radical (unpaired) electrons. The van der Waals surface area contributed by atoms with Crippen LogP contribution in [0.2, 0.25) is 10.0 Å². The lowest BCUT2D eigenvalue weighted by Gasteiger charge is -2.07. The Kier molecular flexibility index (Phi) is 6.84. The van der Waals surface area contributed by atoms with Gasteiger partial charge in [-0.3, -0.25) is 0 Å². The Hall–Kier alpha value is -0.930. The van der Waals surface area contributed by atoms with Gasteiger partial charge in [0.05, 0.1) is 0 Å². The zero-order valence-electron chi connectivity index (χ0n) is 12.7. The normalized spacial score (nSPS) is 11.7. The lowest BCUT2D eigenvalue weighted by Crippen LogP contribution is -2.04. The molecule has 2 aromatic carbocycles. The number of thioether (sulfide) groups is 1. The quantitative estimate of drug-likeness (QED) is 0.649. The Labute approximate surface area is 146 Å². The third-order valence-electron chi connectivity index (χ3n) is 3.33. The third-order valence-corrected chi connectivity index (χ3v) is 4.98. The predicted octanol–water partition coefficient (Wildman–Crippen LogP) is 5.91. The molecular weight excluding hydrogens is 333 g/mol. The van der Waals surface area contributed by atoms with Gasteiger partial charge in [-0.25, -0.2) is 0 Å². The summed E-state index contributed by atoms with van der Waals surface area (Å²) in [7, 11) is 1.95. The molecule has 0 unspecified atom stereocenters. The summed E-state index contributed by atoms with van der Waals surface area (Å²) in [5.74, 6) is 0.837. The molecule has 0 amide bonds. The van der Waals surface area contributed by atoms with E-state index in [9.17, 15) is 0 Å². The number of benzene rings is 2. The summed E-state index contributed by atoms with van der Waals surface area (Å²) >= 11 is 13.9. The molecule has 0 aliphatic rings. The van der Waals surface area contributed by atoms with Gasteiger partial charge in [-0.1, -0.05) is 47.5 Å². The molecule has 2 rings (SSSR count). The lowest BCUT2D eigenvalue weighted by atomic mass is 10.1. The van der Waals surface area contributed by atoms with Crippen LogP contribution in [0.5, 0.6) is 0 Å². The van der Waals surface area contributed by atoms with Gasteiger partial charge in [0, 0.05) is 27.2 Å². The van der Waals surface area contributed by atoms with E-state index < -0.39 is 0 Å². The Morgan fingerprint density at radius 3 is 2.50 bits per heavy atom. The van der Waals surface area contributed by atoms with Crippen molar-refractivity contribution in [3.05, 3.63) is 69.7 Å². The van der Waals surface area contributed by atoms with E-state index in [0.717, 1.165) is 22.9 Å². The average molecular weight is 352 g/mol. The first-order chi connectivity index (χ1) is 10.6. The molecule has 0 aliphatic carbocycles. The maximum atomic E-state index is 6.20. The van der Waals surface area contributed by atoms with Crippen molar-refractivity contribution in [3.8, 4) is 0 Å². The van der Waals surface area contributed by atoms with Gasteiger partial charge in [0.1, 0.15) is 0 Å². The summed E-state index contributed by atoms with van der Waals surface area (Å²) in [5.41, 5.74) is 3.64. The molecule has 1 N–H and O–H groups in total. The van der Waals surface area contributed by atoms with Crippen LogP contribution in [0.1, 0.15) is 18.1 Å². The van der Waals surface area contributed by atoms with Crippen molar-refractivity contribution in [2.24, 2.45) is 0 Å². The van der Waals surface area contributed by atoms with Crippen molar-refractivity contribution >= 4 is 40.5 Å². The molecule has 1 nitrogen and oxygen atoms in total. The fourth-order valence-electron chi connectivity index (χ4n) is 1.99. The molecule has 22 heavy (non-hydrogen) atoms. The van der Waals surface area contributed by atoms with Gasteiger partial charge in [0.15, 0.2) is 0 Å². The first kappa shape index (κ1) is 17.4. The highest BCUT2D eigenvalue weighted by Crippen LogP contribution is 2.29. The number of rotatable bonds is 6. The fraction of sp³-hybridized carbons (Fsp3) is 0.222. The van der Waals surface area contributed by atoms with Crippen LogP contribution in [0.25, 0.3) is 5.57 Å². The highest BCUT2D eigenvalue weighted by Gasteiger charge is 2.03. The van der Waals surface area contributed by atoms with Crippen molar-refractivity contribution in [1.29, 1.82) is 0 Å². The van der Waals surface area contributed by atoms with Crippen molar-refractivity contribution in [1.82, 2.24) is 5.32 Å². The van der Waals surface area contributed by atoms with Crippen LogP contribution in [0.4, 0.5) is 0 Å². The zero-order valence-corrected chi connectivity index (χ0v) is 15.0. The summed E-state index contributed by atoms with van der Waals surface area (Å²) in [6.45, 7) is 3.02. The van der Waals surface area contributed by atoms with Crippen LogP contribution >= 0.6 is 35.0 Å². The molecule has 0 aliphatic heterocycles. The number of allylic oxidation sites excluding steroid dienone is 1. The number of likely N-dealkylation sites (N-methyl/N-ethyl adjacent to an activating group) is 1. The Morgan fingerprint density at radius 2 is 1.86 bits per heavy atom. The lowest BCUT2D eigenvalue weighted by molar-refractivity contribution is 0.920. The van der Waals surface area contributed by atoms with Crippen LogP contribution in [-0.4, -0.2) is 13.6 Å². The minimum atomic E-state index is 0.673. The van der Waals surface area contributed by atoms with E-state index in [1.54, 1.807) is 17.8 Å². The average Bonchev–Trinajstić information content (AvgIpc) is 2.52. The van der Waals surface area contributed by atoms with E-state index in [4.69, 9.17) is 23.2 Å². The van der Waals surface area contributed by atoms with E-state index in [1.165, 1.54) is 16.0 Å². The smallest absolute Gasteiger partial charge is 0.0461 e. The van der Waals surface area contributed by atoms with Crippen molar-refractivity contribution < 1.29 is 0 Å². The first-order valence-electron chi connectivity index (χ1n) is 7.08. The maximum absolute atomic E-state index is 6.20. The Balaban J connectivity index is 1.99. The number of halogens is 2. The second-order valence-corrected chi connectivity index (χ2v) is 6.89.